The fraction of sp³-hybridized carbons (Fsp3) is 0.348. The summed E-state index contributed by atoms with van der Waals surface area (Å²) in [5, 5.41) is 8.65. The SMILES string of the molecule is CCCC(=O)Nc1ccc(NC(=S)NC(=O)c2cc(Br)ccc2OCCC(C)C)cc1. The van der Waals surface area contributed by atoms with Gasteiger partial charge < -0.3 is 15.4 Å². The van der Waals surface area contributed by atoms with Crippen molar-refractivity contribution in [2.24, 2.45) is 5.92 Å². The number of rotatable bonds is 9. The molecule has 0 aromatic heterocycles. The molecule has 166 valence electrons. The van der Waals surface area contributed by atoms with Gasteiger partial charge in [0, 0.05) is 22.3 Å². The van der Waals surface area contributed by atoms with E-state index in [0.717, 1.165) is 17.3 Å². The molecule has 0 aliphatic rings. The van der Waals surface area contributed by atoms with Gasteiger partial charge in [-0.15, -0.1) is 0 Å². The van der Waals surface area contributed by atoms with Crippen LogP contribution in [-0.4, -0.2) is 23.5 Å². The van der Waals surface area contributed by atoms with Crippen LogP contribution in [0.1, 0.15) is 50.4 Å². The highest BCUT2D eigenvalue weighted by atomic mass is 79.9. The van der Waals surface area contributed by atoms with E-state index in [-0.39, 0.29) is 16.9 Å². The predicted octanol–water partition coefficient (Wildman–Crippen LogP) is 5.74. The number of thiocarbonyl (C=S) groups is 1. The summed E-state index contributed by atoms with van der Waals surface area (Å²) in [5.41, 5.74) is 1.80. The summed E-state index contributed by atoms with van der Waals surface area (Å²) in [6, 6.07) is 12.4. The lowest BCUT2D eigenvalue weighted by molar-refractivity contribution is -0.116. The van der Waals surface area contributed by atoms with Crippen LogP contribution in [0, 0.1) is 5.92 Å². The minimum absolute atomic E-state index is 0.0218. The first-order valence-corrected chi connectivity index (χ1v) is 11.4. The van der Waals surface area contributed by atoms with Crippen LogP contribution in [0.15, 0.2) is 46.9 Å². The van der Waals surface area contributed by atoms with Gasteiger partial charge in [0.2, 0.25) is 5.91 Å². The molecule has 2 aromatic carbocycles. The highest BCUT2D eigenvalue weighted by molar-refractivity contribution is 9.10. The van der Waals surface area contributed by atoms with E-state index in [1.807, 2.05) is 13.0 Å². The highest BCUT2D eigenvalue weighted by Crippen LogP contribution is 2.24. The Balaban J connectivity index is 1.97. The molecule has 6 nitrogen and oxygen atoms in total. The van der Waals surface area contributed by atoms with Crippen LogP contribution in [-0.2, 0) is 4.79 Å². The van der Waals surface area contributed by atoms with Gasteiger partial charge in [-0.3, -0.25) is 14.9 Å². The minimum Gasteiger partial charge on any atom is -0.493 e. The van der Waals surface area contributed by atoms with E-state index in [2.05, 4.69) is 45.7 Å². The van der Waals surface area contributed by atoms with Crippen molar-refractivity contribution in [3.05, 3.63) is 52.5 Å². The minimum atomic E-state index is -0.359. The Bertz CT molecular complexity index is 917. The molecule has 0 unspecified atom stereocenters. The van der Waals surface area contributed by atoms with Gasteiger partial charge in [-0.05, 0) is 73.4 Å². The molecule has 2 aromatic rings. The van der Waals surface area contributed by atoms with Crippen LogP contribution in [0.4, 0.5) is 11.4 Å². The number of halogens is 1. The summed E-state index contributed by atoms with van der Waals surface area (Å²) in [4.78, 5) is 24.4. The topological polar surface area (TPSA) is 79.5 Å². The van der Waals surface area contributed by atoms with Crippen LogP contribution in [0.25, 0.3) is 0 Å². The van der Waals surface area contributed by atoms with E-state index >= 15 is 0 Å². The molecule has 0 aliphatic heterocycles. The zero-order valence-corrected chi connectivity index (χ0v) is 20.4. The van der Waals surface area contributed by atoms with Crippen molar-refractivity contribution in [3.63, 3.8) is 0 Å². The molecule has 0 aliphatic carbocycles. The highest BCUT2D eigenvalue weighted by Gasteiger charge is 2.15. The van der Waals surface area contributed by atoms with Gasteiger partial charge in [-0.25, -0.2) is 0 Å². The van der Waals surface area contributed by atoms with Gasteiger partial charge in [0.1, 0.15) is 5.75 Å². The molecule has 0 fully saturated rings. The normalized spacial score (nSPS) is 10.5. The molecule has 2 rings (SSSR count). The van der Waals surface area contributed by atoms with E-state index in [4.69, 9.17) is 17.0 Å². The summed E-state index contributed by atoms with van der Waals surface area (Å²) < 4.78 is 6.58. The number of carbonyl (C=O) groups excluding carboxylic acids is 2. The summed E-state index contributed by atoms with van der Waals surface area (Å²) in [5.74, 6) is 0.639. The van der Waals surface area contributed by atoms with E-state index in [1.54, 1.807) is 36.4 Å². The first kappa shape index (κ1) is 24.8. The van der Waals surface area contributed by atoms with Crippen molar-refractivity contribution in [2.75, 3.05) is 17.2 Å². The van der Waals surface area contributed by atoms with E-state index in [0.29, 0.717) is 41.6 Å². The van der Waals surface area contributed by atoms with Crippen LogP contribution in [0.2, 0.25) is 0 Å². The first-order valence-electron chi connectivity index (χ1n) is 10.2. The van der Waals surface area contributed by atoms with Gasteiger partial charge >= 0.3 is 0 Å². The Kier molecular flexibility index (Phi) is 9.94. The molecule has 8 heteroatoms. The Labute approximate surface area is 197 Å². The second kappa shape index (κ2) is 12.4. The second-order valence-corrected chi connectivity index (χ2v) is 8.78. The van der Waals surface area contributed by atoms with Gasteiger partial charge in [0.15, 0.2) is 5.11 Å². The number of anilines is 2. The average Bonchev–Trinajstić information content (AvgIpc) is 2.70. The van der Waals surface area contributed by atoms with E-state index in [9.17, 15) is 9.59 Å². The molecular formula is C23H28BrN3O3S. The molecule has 0 bridgehead atoms. The number of ether oxygens (including phenoxy) is 1. The molecule has 0 heterocycles. The van der Waals surface area contributed by atoms with E-state index < -0.39 is 0 Å². The molecule has 31 heavy (non-hydrogen) atoms. The van der Waals surface area contributed by atoms with Crippen LogP contribution in [0.5, 0.6) is 5.75 Å². The van der Waals surface area contributed by atoms with E-state index in [1.165, 1.54) is 0 Å². The van der Waals surface area contributed by atoms with Crippen molar-refractivity contribution in [2.45, 2.75) is 40.0 Å². The number of carbonyl (C=O) groups is 2. The van der Waals surface area contributed by atoms with Gasteiger partial charge in [0.25, 0.3) is 5.91 Å². The second-order valence-electron chi connectivity index (χ2n) is 7.46. The Morgan fingerprint density at radius 1 is 1.06 bits per heavy atom. The molecule has 0 saturated heterocycles. The first-order chi connectivity index (χ1) is 14.8. The summed E-state index contributed by atoms with van der Waals surface area (Å²) in [6.07, 6.45) is 2.17. The third kappa shape index (κ3) is 8.67. The smallest absolute Gasteiger partial charge is 0.261 e. The molecular weight excluding hydrogens is 478 g/mol. The molecule has 2 amide bonds. The van der Waals surface area contributed by atoms with Crippen molar-refractivity contribution in [1.82, 2.24) is 5.32 Å². The molecule has 0 saturated carbocycles. The Morgan fingerprint density at radius 3 is 2.32 bits per heavy atom. The molecule has 0 atom stereocenters. The number of hydrogen-bond donors (Lipinski definition) is 3. The summed E-state index contributed by atoms with van der Waals surface area (Å²) in [7, 11) is 0. The quantitative estimate of drug-likeness (QED) is 0.378. The zero-order chi connectivity index (χ0) is 22.8. The standard InChI is InChI=1S/C23H28BrN3O3S/c1-4-5-21(28)25-17-7-9-18(10-8-17)26-23(31)27-22(29)19-14-16(24)6-11-20(19)30-13-12-15(2)3/h6-11,14-15H,4-5,12-13H2,1-3H3,(H,25,28)(H2,26,27,29,31). The van der Waals surface area contributed by atoms with Gasteiger partial charge in [-0.1, -0.05) is 36.7 Å². The summed E-state index contributed by atoms with van der Waals surface area (Å²) >= 11 is 8.68. The maximum absolute atomic E-state index is 12.8. The lowest BCUT2D eigenvalue weighted by atomic mass is 10.1. The molecule has 0 spiro atoms. The fourth-order valence-corrected chi connectivity index (χ4v) is 3.20. The average molecular weight is 506 g/mol. The Hall–Kier alpha value is -2.45. The van der Waals surface area contributed by atoms with Gasteiger partial charge in [-0.2, -0.15) is 0 Å². The monoisotopic (exact) mass is 505 g/mol. The fourth-order valence-electron chi connectivity index (χ4n) is 2.63. The van der Waals surface area contributed by atoms with Crippen LogP contribution < -0.4 is 20.7 Å². The molecule has 3 N–H and O–H groups in total. The number of amides is 2. The van der Waals surface area contributed by atoms with Crippen LogP contribution in [0.3, 0.4) is 0 Å². The largest absolute Gasteiger partial charge is 0.493 e. The van der Waals surface area contributed by atoms with Crippen molar-refractivity contribution < 1.29 is 14.3 Å². The predicted molar refractivity (Wildman–Crippen MR) is 133 cm³/mol. The number of hydrogen-bond acceptors (Lipinski definition) is 4. The third-order valence-corrected chi connectivity index (χ3v) is 4.97. The van der Waals surface area contributed by atoms with Crippen molar-refractivity contribution >= 4 is 56.4 Å². The maximum Gasteiger partial charge on any atom is 0.261 e. The summed E-state index contributed by atoms with van der Waals surface area (Å²) in [6.45, 7) is 6.73. The maximum atomic E-state index is 12.8. The Morgan fingerprint density at radius 2 is 1.71 bits per heavy atom. The number of benzene rings is 2. The lowest BCUT2D eigenvalue weighted by Crippen LogP contribution is -2.34. The van der Waals surface area contributed by atoms with Gasteiger partial charge in [0.05, 0.1) is 12.2 Å². The number of nitrogens with one attached hydrogen (secondary N) is 3. The van der Waals surface area contributed by atoms with Crippen molar-refractivity contribution in [3.8, 4) is 5.75 Å². The molecule has 0 radical (unpaired) electrons. The third-order valence-electron chi connectivity index (χ3n) is 4.27. The lowest BCUT2D eigenvalue weighted by Gasteiger charge is -2.14. The van der Waals surface area contributed by atoms with Crippen molar-refractivity contribution in [1.29, 1.82) is 0 Å². The zero-order valence-electron chi connectivity index (χ0n) is 18.0. The van der Waals surface area contributed by atoms with Crippen LogP contribution >= 0.6 is 28.1 Å².